The molecule has 1 aliphatic heterocycles. The van der Waals surface area contributed by atoms with Gasteiger partial charge in [-0.1, -0.05) is 23.2 Å². The van der Waals surface area contributed by atoms with Gasteiger partial charge in [0, 0.05) is 37.9 Å². The summed E-state index contributed by atoms with van der Waals surface area (Å²) in [6.45, 7) is 2.02. The number of methoxy groups -OCH3 is 1. The Morgan fingerprint density at radius 3 is 2.41 bits per heavy atom. The van der Waals surface area contributed by atoms with Crippen molar-refractivity contribution >= 4 is 57.8 Å². The Morgan fingerprint density at radius 1 is 1.24 bits per heavy atom. The van der Waals surface area contributed by atoms with Crippen LogP contribution in [0.25, 0.3) is 0 Å². The fourth-order valence-electron chi connectivity index (χ4n) is 3.14. The van der Waals surface area contributed by atoms with Crippen molar-refractivity contribution in [2.75, 3.05) is 38.2 Å². The first kappa shape index (κ1) is 22.4. The van der Waals surface area contributed by atoms with E-state index in [2.05, 4.69) is 10.00 Å². The van der Waals surface area contributed by atoms with E-state index in [1.807, 2.05) is 12.1 Å². The van der Waals surface area contributed by atoms with Crippen molar-refractivity contribution in [2.45, 2.75) is 12.3 Å². The largest absolute Gasteiger partial charge is 0.495 e. The van der Waals surface area contributed by atoms with E-state index in [1.165, 1.54) is 7.11 Å². The average molecular weight is 563 g/mol. The molecule has 1 aromatic heterocycles. The Hall–Kier alpha value is -1.24. The third-order valence-electron chi connectivity index (χ3n) is 4.63. The molecule has 0 radical (unpaired) electrons. The standard InChI is InChI=1S/C17H16Cl2F3IN4O2/c1-29-12-8-10(2-3-11(12)18)25-4-6-26(7-5-25)13(9-28)27-16(23)14(19)15(24-27)17(20,21)22/h2-3,8-9,13H,4-7H2,1H3. The topological polar surface area (TPSA) is 50.6 Å². The molecule has 29 heavy (non-hydrogen) atoms. The minimum atomic E-state index is -4.69. The summed E-state index contributed by atoms with van der Waals surface area (Å²) in [5.74, 6) is 0.554. The molecule has 1 saturated heterocycles. The predicted octanol–water partition coefficient (Wildman–Crippen LogP) is 4.34. The lowest BCUT2D eigenvalue weighted by molar-refractivity contribution is -0.142. The summed E-state index contributed by atoms with van der Waals surface area (Å²) in [7, 11) is 1.53. The van der Waals surface area contributed by atoms with Gasteiger partial charge in [0.1, 0.15) is 14.5 Å². The molecule has 2 aromatic rings. The highest BCUT2D eigenvalue weighted by Gasteiger charge is 2.40. The first-order chi connectivity index (χ1) is 13.7. The van der Waals surface area contributed by atoms with Crippen molar-refractivity contribution in [3.05, 3.63) is 37.6 Å². The minimum Gasteiger partial charge on any atom is -0.495 e. The van der Waals surface area contributed by atoms with Crippen molar-refractivity contribution < 1.29 is 22.7 Å². The summed E-state index contributed by atoms with van der Waals surface area (Å²) in [4.78, 5) is 15.6. The number of carbonyl (C=O) groups excluding carboxylic acids is 1. The Balaban J connectivity index is 1.77. The van der Waals surface area contributed by atoms with Crippen LogP contribution in [-0.4, -0.2) is 54.3 Å². The molecule has 1 unspecified atom stereocenters. The first-order valence-electron chi connectivity index (χ1n) is 8.46. The molecule has 158 valence electrons. The zero-order valence-corrected chi connectivity index (χ0v) is 18.8. The van der Waals surface area contributed by atoms with Crippen LogP contribution in [0.3, 0.4) is 0 Å². The number of aldehydes is 1. The van der Waals surface area contributed by atoms with Crippen LogP contribution in [-0.2, 0) is 11.0 Å². The Labute approximate surface area is 188 Å². The van der Waals surface area contributed by atoms with Crippen molar-refractivity contribution in [3.8, 4) is 5.75 Å². The summed E-state index contributed by atoms with van der Waals surface area (Å²) in [5, 5.41) is 3.57. The van der Waals surface area contributed by atoms with Crippen LogP contribution in [0.15, 0.2) is 18.2 Å². The second-order valence-electron chi connectivity index (χ2n) is 6.29. The molecule has 2 heterocycles. The van der Waals surface area contributed by atoms with Crippen LogP contribution < -0.4 is 9.64 Å². The van der Waals surface area contributed by atoms with Gasteiger partial charge in [-0.25, -0.2) is 4.68 Å². The van der Waals surface area contributed by atoms with Gasteiger partial charge in [-0.2, -0.15) is 18.3 Å². The fraction of sp³-hybridized carbons (Fsp3) is 0.412. The van der Waals surface area contributed by atoms with E-state index in [0.29, 0.717) is 43.2 Å². The van der Waals surface area contributed by atoms with Crippen LogP contribution >= 0.6 is 45.8 Å². The number of halogens is 6. The summed E-state index contributed by atoms with van der Waals surface area (Å²) in [6, 6.07) is 5.42. The number of piperazine rings is 1. The lowest BCUT2D eigenvalue weighted by Gasteiger charge is -2.38. The van der Waals surface area contributed by atoms with Crippen LogP contribution in [0.5, 0.6) is 5.75 Å². The Morgan fingerprint density at radius 2 is 1.90 bits per heavy atom. The monoisotopic (exact) mass is 562 g/mol. The molecular weight excluding hydrogens is 547 g/mol. The van der Waals surface area contributed by atoms with E-state index < -0.39 is 23.1 Å². The van der Waals surface area contributed by atoms with Crippen molar-refractivity contribution in [1.29, 1.82) is 0 Å². The van der Waals surface area contributed by atoms with Crippen LogP contribution in [0.2, 0.25) is 10.0 Å². The molecule has 0 N–H and O–H groups in total. The summed E-state index contributed by atoms with van der Waals surface area (Å²) < 4.78 is 45.6. The van der Waals surface area contributed by atoms with E-state index in [9.17, 15) is 18.0 Å². The van der Waals surface area contributed by atoms with Gasteiger partial charge in [-0.15, -0.1) is 0 Å². The van der Waals surface area contributed by atoms with Gasteiger partial charge in [0.05, 0.1) is 12.1 Å². The van der Waals surface area contributed by atoms with Gasteiger partial charge in [0.25, 0.3) is 0 Å². The SMILES string of the molecule is COc1cc(N2CCN(C(C=O)n3nc(C(F)(F)F)c(Cl)c3I)CC2)ccc1Cl. The molecule has 1 fully saturated rings. The summed E-state index contributed by atoms with van der Waals surface area (Å²) >= 11 is 13.5. The number of carbonyl (C=O) groups is 1. The van der Waals surface area contributed by atoms with Gasteiger partial charge < -0.3 is 9.64 Å². The van der Waals surface area contributed by atoms with E-state index in [0.717, 1.165) is 10.4 Å². The van der Waals surface area contributed by atoms with E-state index in [4.69, 9.17) is 27.9 Å². The molecule has 1 atom stereocenters. The Bertz CT molecular complexity index is 902. The number of rotatable bonds is 5. The van der Waals surface area contributed by atoms with Gasteiger partial charge in [-0.3, -0.25) is 9.69 Å². The number of aromatic nitrogens is 2. The van der Waals surface area contributed by atoms with Gasteiger partial charge in [0.15, 0.2) is 18.1 Å². The number of anilines is 1. The van der Waals surface area contributed by atoms with Gasteiger partial charge >= 0.3 is 6.18 Å². The van der Waals surface area contributed by atoms with Crippen LogP contribution in [0.4, 0.5) is 18.9 Å². The highest BCUT2D eigenvalue weighted by molar-refractivity contribution is 14.1. The van der Waals surface area contributed by atoms with Crippen LogP contribution in [0, 0.1) is 3.70 Å². The van der Waals surface area contributed by atoms with Gasteiger partial charge in [-0.05, 0) is 34.7 Å². The van der Waals surface area contributed by atoms with E-state index in [1.54, 1.807) is 33.6 Å². The maximum atomic E-state index is 13.1. The second kappa shape index (κ2) is 8.86. The molecule has 0 spiro atoms. The van der Waals surface area contributed by atoms with Crippen molar-refractivity contribution in [1.82, 2.24) is 14.7 Å². The third kappa shape index (κ3) is 4.59. The second-order valence-corrected chi connectivity index (χ2v) is 8.09. The molecule has 12 heteroatoms. The molecule has 0 bridgehead atoms. The molecule has 6 nitrogen and oxygen atoms in total. The fourth-order valence-corrected chi connectivity index (χ4v) is 4.21. The zero-order chi connectivity index (χ0) is 21.3. The molecule has 0 amide bonds. The zero-order valence-electron chi connectivity index (χ0n) is 15.1. The first-order valence-corrected chi connectivity index (χ1v) is 10.3. The average Bonchev–Trinajstić information content (AvgIpc) is 2.99. The summed E-state index contributed by atoms with van der Waals surface area (Å²) in [5.41, 5.74) is -0.285. The lowest BCUT2D eigenvalue weighted by atomic mass is 10.2. The molecule has 1 aromatic carbocycles. The molecule has 1 aliphatic rings. The van der Waals surface area contributed by atoms with E-state index >= 15 is 0 Å². The number of hydrogen-bond acceptors (Lipinski definition) is 5. The number of alkyl halides is 3. The molecule has 3 rings (SSSR count). The summed E-state index contributed by atoms with van der Waals surface area (Å²) in [6.07, 6.45) is -5.09. The van der Waals surface area contributed by atoms with Gasteiger partial charge in [0.2, 0.25) is 0 Å². The number of hydrogen-bond donors (Lipinski definition) is 0. The predicted molar refractivity (Wildman–Crippen MR) is 112 cm³/mol. The normalized spacial score (nSPS) is 16.7. The minimum absolute atomic E-state index is 0.0681. The maximum absolute atomic E-state index is 13.1. The molecular formula is C17H16Cl2F3IN4O2. The van der Waals surface area contributed by atoms with E-state index in [-0.39, 0.29) is 3.70 Å². The number of nitrogens with zero attached hydrogens (tertiary/aromatic N) is 4. The highest BCUT2D eigenvalue weighted by atomic mass is 127. The maximum Gasteiger partial charge on any atom is 0.436 e. The Kier molecular flexibility index (Phi) is 6.86. The lowest BCUT2D eigenvalue weighted by Crippen LogP contribution is -2.49. The number of benzene rings is 1. The number of ether oxygens (including phenoxy) is 1. The molecule has 0 saturated carbocycles. The van der Waals surface area contributed by atoms with Crippen LogP contribution in [0.1, 0.15) is 11.9 Å². The quantitative estimate of drug-likeness (QED) is 0.401. The third-order valence-corrected chi connectivity index (χ3v) is 6.65. The molecule has 0 aliphatic carbocycles. The smallest absolute Gasteiger partial charge is 0.436 e. The van der Waals surface area contributed by atoms with Crippen molar-refractivity contribution in [3.63, 3.8) is 0 Å². The highest BCUT2D eigenvalue weighted by Crippen LogP contribution is 2.37. The van der Waals surface area contributed by atoms with Crippen molar-refractivity contribution in [2.24, 2.45) is 0 Å².